The van der Waals surface area contributed by atoms with Crippen LogP contribution >= 0.6 is 0 Å². The molecule has 0 aliphatic carbocycles. The third-order valence-corrected chi connectivity index (χ3v) is 3.79. The average molecular weight is 212 g/mol. The number of hydrogen-bond acceptors (Lipinski definition) is 3. The molecule has 0 bridgehead atoms. The van der Waals surface area contributed by atoms with Crippen LogP contribution in [0.15, 0.2) is 0 Å². The van der Waals surface area contributed by atoms with Crippen LogP contribution in [-0.4, -0.2) is 47.7 Å². The second kappa shape index (κ2) is 4.49. The number of carbonyl (C=O) groups is 1. The molecule has 2 rings (SSSR count). The van der Waals surface area contributed by atoms with E-state index in [2.05, 4.69) is 10.2 Å². The van der Waals surface area contributed by atoms with E-state index < -0.39 is 5.97 Å². The minimum Gasteiger partial charge on any atom is -0.480 e. The standard InChI is InChI=1S/C11H20N2O2/c1-2-9(11(14)15)13-5-3-4-8-6-12-7-10(8)13/h8-10,12H,2-7H2,1H3,(H,14,15). The lowest BCUT2D eigenvalue weighted by molar-refractivity contribution is -0.145. The Morgan fingerprint density at radius 2 is 2.40 bits per heavy atom. The van der Waals surface area contributed by atoms with Crippen LogP contribution in [0.25, 0.3) is 0 Å². The van der Waals surface area contributed by atoms with Crippen LogP contribution in [0.2, 0.25) is 0 Å². The van der Waals surface area contributed by atoms with Gasteiger partial charge in [-0.2, -0.15) is 0 Å². The summed E-state index contributed by atoms with van der Waals surface area (Å²) in [5.41, 5.74) is 0. The SMILES string of the molecule is CCC(C(=O)O)N1CCCC2CNCC21. The Morgan fingerprint density at radius 1 is 1.60 bits per heavy atom. The van der Waals surface area contributed by atoms with Gasteiger partial charge in [0.15, 0.2) is 0 Å². The number of nitrogens with zero attached hydrogens (tertiary/aromatic N) is 1. The molecule has 2 fully saturated rings. The molecule has 3 unspecified atom stereocenters. The molecule has 2 saturated heterocycles. The smallest absolute Gasteiger partial charge is 0.320 e. The van der Waals surface area contributed by atoms with Crippen LogP contribution in [-0.2, 0) is 4.79 Å². The number of carboxylic acids is 1. The number of fused-ring (bicyclic) bond motifs is 1. The fourth-order valence-electron chi connectivity index (χ4n) is 3.04. The van der Waals surface area contributed by atoms with Crippen molar-refractivity contribution >= 4 is 5.97 Å². The lowest BCUT2D eigenvalue weighted by Gasteiger charge is -2.40. The van der Waals surface area contributed by atoms with Crippen molar-refractivity contribution in [1.29, 1.82) is 0 Å². The highest BCUT2D eigenvalue weighted by atomic mass is 16.4. The summed E-state index contributed by atoms with van der Waals surface area (Å²) >= 11 is 0. The van der Waals surface area contributed by atoms with Crippen LogP contribution in [0, 0.1) is 5.92 Å². The van der Waals surface area contributed by atoms with Gasteiger partial charge < -0.3 is 10.4 Å². The zero-order valence-electron chi connectivity index (χ0n) is 9.28. The number of nitrogens with one attached hydrogen (secondary N) is 1. The summed E-state index contributed by atoms with van der Waals surface area (Å²) in [4.78, 5) is 13.4. The fourth-order valence-corrected chi connectivity index (χ4v) is 3.04. The second-order valence-electron chi connectivity index (χ2n) is 4.63. The third-order valence-electron chi connectivity index (χ3n) is 3.79. The zero-order valence-corrected chi connectivity index (χ0v) is 9.28. The largest absolute Gasteiger partial charge is 0.480 e. The van der Waals surface area contributed by atoms with Gasteiger partial charge >= 0.3 is 5.97 Å². The van der Waals surface area contributed by atoms with E-state index in [9.17, 15) is 9.90 Å². The van der Waals surface area contributed by atoms with Gasteiger partial charge in [-0.25, -0.2) is 0 Å². The van der Waals surface area contributed by atoms with Gasteiger partial charge in [0.1, 0.15) is 6.04 Å². The lowest BCUT2D eigenvalue weighted by Crippen LogP contribution is -2.53. The Hall–Kier alpha value is -0.610. The minimum absolute atomic E-state index is 0.280. The molecule has 0 spiro atoms. The van der Waals surface area contributed by atoms with Crippen molar-refractivity contribution in [2.24, 2.45) is 5.92 Å². The second-order valence-corrected chi connectivity index (χ2v) is 4.63. The number of rotatable bonds is 3. The molecule has 4 heteroatoms. The van der Waals surface area contributed by atoms with Gasteiger partial charge in [0.2, 0.25) is 0 Å². The third kappa shape index (κ3) is 2.01. The Morgan fingerprint density at radius 3 is 3.07 bits per heavy atom. The number of aliphatic carboxylic acids is 1. The summed E-state index contributed by atoms with van der Waals surface area (Å²) in [7, 11) is 0. The van der Waals surface area contributed by atoms with Crippen LogP contribution in [0.1, 0.15) is 26.2 Å². The minimum atomic E-state index is -0.662. The van der Waals surface area contributed by atoms with Crippen molar-refractivity contribution in [3.05, 3.63) is 0 Å². The normalized spacial score (nSPS) is 33.7. The highest BCUT2D eigenvalue weighted by molar-refractivity contribution is 5.73. The Balaban J connectivity index is 2.09. The molecule has 0 saturated carbocycles. The van der Waals surface area contributed by atoms with Crippen molar-refractivity contribution in [3.8, 4) is 0 Å². The molecule has 0 radical (unpaired) electrons. The van der Waals surface area contributed by atoms with Gasteiger partial charge in [-0.15, -0.1) is 0 Å². The van der Waals surface area contributed by atoms with E-state index in [1.807, 2.05) is 6.92 Å². The highest BCUT2D eigenvalue weighted by Gasteiger charge is 2.39. The molecule has 2 heterocycles. The first-order chi connectivity index (χ1) is 7.24. The van der Waals surface area contributed by atoms with Crippen LogP contribution in [0.4, 0.5) is 0 Å². The number of carboxylic acid groups (broad SMARTS) is 1. The lowest BCUT2D eigenvalue weighted by atomic mass is 9.90. The summed E-state index contributed by atoms with van der Waals surface area (Å²) in [5.74, 6) is 0.0113. The molecular weight excluding hydrogens is 192 g/mol. The van der Waals surface area contributed by atoms with Gasteiger partial charge in [-0.1, -0.05) is 6.92 Å². The van der Waals surface area contributed by atoms with Gasteiger partial charge in [0.25, 0.3) is 0 Å². The van der Waals surface area contributed by atoms with E-state index in [4.69, 9.17) is 0 Å². The first-order valence-corrected chi connectivity index (χ1v) is 5.93. The molecule has 0 aromatic carbocycles. The molecule has 4 nitrogen and oxygen atoms in total. The summed E-state index contributed by atoms with van der Waals surface area (Å²) < 4.78 is 0. The van der Waals surface area contributed by atoms with Gasteiger partial charge in [-0.3, -0.25) is 9.69 Å². The van der Waals surface area contributed by atoms with E-state index in [1.54, 1.807) is 0 Å². The summed E-state index contributed by atoms with van der Waals surface area (Å²) in [5, 5.41) is 12.6. The average Bonchev–Trinajstić information content (AvgIpc) is 2.66. The highest BCUT2D eigenvalue weighted by Crippen LogP contribution is 2.28. The Kier molecular flexibility index (Phi) is 3.26. The molecule has 3 atom stereocenters. The molecular formula is C11H20N2O2. The number of piperidine rings is 1. The maximum atomic E-state index is 11.2. The fraction of sp³-hybridized carbons (Fsp3) is 0.909. The van der Waals surface area contributed by atoms with Crippen molar-refractivity contribution in [3.63, 3.8) is 0 Å². The van der Waals surface area contributed by atoms with Crippen molar-refractivity contribution in [2.45, 2.75) is 38.3 Å². The van der Waals surface area contributed by atoms with Crippen molar-refractivity contribution in [2.75, 3.05) is 19.6 Å². The molecule has 15 heavy (non-hydrogen) atoms. The summed E-state index contributed by atoms with van der Waals surface area (Å²) in [6.45, 7) is 4.95. The molecule has 2 aliphatic rings. The van der Waals surface area contributed by atoms with Crippen molar-refractivity contribution in [1.82, 2.24) is 10.2 Å². The van der Waals surface area contributed by atoms with E-state index in [-0.39, 0.29) is 6.04 Å². The van der Waals surface area contributed by atoms with E-state index >= 15 is 0 Å². The molecule has 2 aliphatic heterocycles. The molecule has 2 N–H and O–H groups in total. The Labute approximate surface area is 90.6 Å². The zero-order chi connectivity index (χ0) is 10.8. The van der Waals surface area contributed by atoms with Crippen LogP contribution < -0.4 is 5.32 Å². The first-order valence-electron chi connectivity index (χ1n) is 5.93. The predicted molar refractivity (Wildman–Crippen MR) is 57.8 cm³/mol. The quantitative estimate of drug-likeness (QED) is 0.716. The van der Waals surface area contributed by atoms with E-state index in [1.165, 1.54) is 6.42 Å². The topological polar surface area (TPSA) is 52.6 Å². The molecule has 86 valence electrons. The molecule has 0 aromatic rings. The summed E-state index contributed by atoms with van der Waals surface area (Å²) in [6, 6.07) is 0.178. The van der Waals surface area contributed by atoms with Gasteiger partial charge in [-0.05, 0) is 38.3 Å². The monoisotopic (exact) mass is 212 g/mol. The van der Waals surface area contributed by atoms with Crippen LogP contribution in [0.3, 0.4) is 0 Å². The molecule has 0 amide bonds. The molecule has 0 aromatic heterocycles. The van der Waals surface area contributed by atoms with Gasteiger partial charge in [0, 0.05) is 12.6 Å². The van der Waals surface area contributed by atoms with Crippen molar-refractivity contribution < 1.29 is 9.90 Å². The predicted octanol–water partition coefficient (Wildman–Crippen LogP) is 0.533. The Bertz CT molecular complexity index is 245. The van der Waals surface area contributed by atoms with E-state index in [0.29, 0.717) is 18.4 Å². The maximum absolute atomic E-state index is 11.2. The number of likely N-dealkylation sites (tertiary alicyclic amines) is 1. The van der Waals surface area contributed by atoms with Crippen LogP contribution in [0.5, 0.6) is 0 Å². The van der Waals surface area contributed by atoms with Gasteiger partial charge in [0.05, 0.1) is 0 Å². The maximum Gasteiger partial charge on any atom is 0.320 e. The number of hydrogen-bond donors (Lipinski definition) is 2. The first kappa shape index (κ1) is 10.9. The summed E-state index contributed by atoms with van der Waals surface area (Å²) in [6.07, 6.45) is 3.11. The van der Waals surface area contributed by atoms with E-state index in [0.717, 1.165) is 26.1 Å².